The summed E-state index contributed by atoms with van der Waals surface area (Å²) >= 11 is 0. The minimum absolute atomic E-state index is 0.226. The fraction of sp³-hybridized carbons (Fsp3) is 0.0909. The van der Waals surface area contributed by atoms with Crippen LogP contribution in [0.2, 0.25) is 0 Å². The van der Waals surface area contributed by atoms with Crippen LogP contribution in [0.1, 0.15) is 15.9 Å². The first-order chi connectivity index (χ1) is 13.6. The van der Waals surface area contributed by atoms with E-state index in [1.54, 1.807) is 44.6 Å². The summed E-state index contributed by atoms with van der Waals surface area (Å²) in [6.45, 7) is 1.71. The highest BCUT2D eigenvalue weighted by Crippen LogP contribution is 2.33. The molecule has 4 rings (SSSR count). The SMILES string of the molecule is CNC(=O)c1cnc(-c2ccc(F)c(C)c2)c(-c2ccc3nccnc3c2)c1. The van der Waals surface area contributed by atoms with Gasteiger partial charge in [-0.2, -0.15) is 0 Å². The zero-order chi connectivity index (χ0) is 19.7. The summed E-state index contributed by atoms with van der Waals surface area (Å²) in [5, 5.41) is 2.61. The summed E-state index contributed by atoms with van der Waals surface area (Å²) in [7, 11) is 1.57. The lowest BCUT2D eigenvalue weighted by molar-refractivity contribution is 0.0963. The van der Waals surface area contributed by atoms with Crippen LogP contribution < -0.4 is 5.32 Å². The van der Waals surface area contributed by atoms with Gasteiger partial charge in [0.15, 0.2) is 0 Å². The second-order valence-corrected chi connectivity index (χ2v) is 6.42. The summed E-state index contributed by atoms with van der Waals surface area (Å²) in [6.07, 6.45) is 4.80. The van der Waals surface area contributed by atoms with Gasteiger partial charge in [-0.05, 0) is 54.4 Å². The summed E-state index contributed by atoms with van der Waals surface area (Å²) in [6, 6.07) is 12.4. The molecule has 0 atom stereocenters. The van der Waals surface area contributed by atoms with Crippen molar-refractivity contribution in [3.63, 3.8) is 0 Å². The van der Waals surface area contributed by atoms with Gasteiger partial charge in [0.1, 0.15) is 5.82 Å². The van der Waals surface area contributed by atoms with Crippen molar-refractivity contribution in [3.05, 3.63) is 78.0 Å². The predicted octanol–water partition coefficient (Wildman–Crippen LogP) is 4.17. The van der Waals surface area contributed by atoms with Gasteiger partial charge < -0.3 is 5.32 Å². The Hall–Kier alpha value is -3.67. The number of nitrogens with one attached hydrogen (secondary N) is 1. The second-order valence-electron chi connectivity index (χ2n) is 6.42. The number of halogens is 1. The normalized spacial score (nSPS) is 10.8. The van der Waals surface area contributed by atoms with Gasteiger partial charge >= 0.3 is 0 Å². The lowest BCUT2D eigenvalue weighted by Crippen LogP contribution is -2.18. The Kier molecular flexibility index (Phi) is 4.53. The highest BCUT2D eigenvalue weighted by atomic mass is 19.1. The topological polar surface area (TPSA) is 67.8 Å². The fourth-order valence-corrected chi connectivity index (χ4v) is 3.11. The predicted molar refractivity (Wildman–Crippen MR) is 106 cm³/mol. The van der Waals surface area contributed by atoms with Gasteiger partial charge in [0, 0.05) is 36.8 Å². The quantitative estimate of drug-likeness (QED) is 0.586. The van der Waals surface area contributed by atoms with Gasteiger partial charge in [-0.3, -0.25) is 19.7 Å². The van der Waals surface area contributed by atoms with Crippen LogP contribution in [0, 0.1) is 12.7 Å². The van der Waals surface area contributed by atoms with E-state index in [2.05, 4.69) is 20.3 Å². The van der Waals surface area contributed by atoms with Crippen LogP contribution in [0.5, 0.6) is 0 Å². The first kappa shape index (κ1) is 17.7. The van der Waals surface area contributed by atoms with Gasteiger partial charge in [0.2, 0.25) is 0 Å². The van der Waals surface area contributed by atoms with Crippen LogP contribution in [0.4, 0.5) is 4.39 Å². The molecular weight excluding hydrogens is 355 g/mol. The van der Waals surface area contributed by atoms with Gasteiger partial charge in [-0.25, -0.2) is 4.39 Å². The number of hydrogen-bond acceptors (Lipinski definition) is 4. The van der Waals surface area contributed by atoms with E-state index in [-0.39, 0.29) is 11.7 Å². The molecule has 0 aliphatic rings. The Bertz CT molecular complexity index is 1210. The third-order valence-corrected chi connectivity index (χ3v) is 4.59. The van der Waals surface area contributed by atoms with E-state index in [1.165, 1.54) is 12.3 Å². The van der Waals surface area contributed by atoms with E-state index < -0.39 is 0 Å². The maximum Gasteiger partial charge on any atom is 0.252 e. The number of aryl methyl sites for hydroxylation is 1. The maximum absolute atomic E-state index is 13.7. The number of carbonyl (C=O) groups excluding carboxylic acids is 1. The fourth-order valence-electron chi connectivity index (χ4n) is 3.11. The number of nitrogens with zero attached hydrogens (tertiary/aromatic N) is 3. The molecule has 2 heterocycles. The van der Waals surface area contributed by atoms with E-state index in [0.29, 0.717) is 16.8 Å². The average Bonchev–Trinajstić information content (AvgIpc) is 2.74. The van der Waals surface area contributed by atoms with Crippen LogP contribution >= 0.6 is 0 Å². The Labute approximate surface area is 161 Å². The molecule has 28 heavy (non-hydrogen) atoms. The molecule has 0 fully saturated rings. The van der Waals surface area contributed by atoms with Crippen molar-refractivity contribution in [2.75, 3.05) is 7.05 Å². The molecular formula is C22H17FN4O. The van der Waals surface area contributed by atoms with Crippen molar-refractivity contribution in [2.24, 2.45) is 0 Å². The van der Waals surface area contributed by atoms with Gasteiger partial charge in [-0.1, -0.05) is 6.07 Å². The van der Waals surface area contributed by atoms with Crippen molar-refractivity contribution in [1.82, 2.24) is 20.3 Å². The molecule has 0 aliphatic carbocycles. The zero-order valence-corrected chi connectivity index (χ0v) is 15.4. The smallest absolute Gasteiger partial charge is 0.252 e. The first-order valence-electron chi connectivity index (χ1n) is 8.76. The van der Waals surface area contributed by atoms with Crippen molar-refractivity contribution < 1.29 is 9.18 Å². The summed E-state index contributed by atoms with van der Waals surface area (Å²) in [4.78, 5) is 25.3. The summed E-state index contributed by atoms with van der Waals surface area (Å²) < 4.78 is 13.7. The maximum atomic E-state index is 13.7. The van der Waals surface area contributed by atoms with Gasteiger partial charge in [0.25, 0.3) is 5.91 Å². The third-order valence-electron chi connectivity index (χ3n) is 4.59. The lowest BCUT2D eigenvalue weighted by atomic mass is 9.96. The number of carbonyl (C=O) groups is 1. The lowest BCUT2D eigenvalue weighted by Gasteiger charge is -2.12. The molecule has 1 amide bonds. The van der Waals surface area contributed by atoms with E-state index in [9.17, 15) is 9.18 Å². The molecule has 0 bridgehead atoms. The number of rotatable bonds is 3. The molecule has 138 valence electrons. The minimum atomic E-state index is -0.270. The van der Waals surface area contributed by atoms with Crippen molar-refractivity contribution in [2.45, 2.75) is 6.92 Å². The number of aromatic nitrogens is 3. The summed E-state index contributed by atoms with van der Waals surface area (Å²) in [5.41, 5.74) is 5.55. The Morgan fingerprint density at radius 3 is 2.43 bits per heavy atom. The molecule has 0 spiro atoms. The molecule has 5 nitrogen and oxygen atoms in total. The number of fused-ring (bicyclic) bond motifs is 1. The van der Waals surface area contributed by atoms with Crippen LogP contribution in [-0.4, -0.2) is 27.9 Å². The molecule has 1 N–H and O–H groups in total. The molecule has 0 unspecified atom stereocenters. The van der Waals surface area contributed by atoms with Crippen molar-refractivity contribution in [1.29, 1.82) is 0 Å². The van der Waals surface area contributed by atoms with Gasteiger partial charge in [-0.15, -0.1) is 0 Å². The first-order valence-corrected chi connectivity index (χ1v) is 8.76. The Morgan fingerprint density at radius 1 is 0.929 bits per heavy atom. The Balaban J connectivity index is 1.95. The van der Waals surface area contributed by atoms with E-state index >= 15 is 0 Å². The van der Waals surface area contributed by atoms with Crippen LogP contribution in [0.3, 0.4) is 0 Å². The average molecular weight is 372 g/mol. The van der Waals surface area contributed by atoms with E-state index in [4.69, 9.17) is 0 Å². The molecule has 2 aromatic heterocycles. The largest absolute Gasteiger partial charge is 0.355 e. The molecule has 6 heteroatoms. The number of amides is 1. The Morgan fingerprint density at radius 2 is 1.68 bits per heavy atom. The number of pyridine rings is 1. The highest BCUT2D eigenvalue weighted by Gasteiger charge is 2.15. The molecule has 4 aromatic rings. The number of hydrogen-bond donors (Lipinski definition) is 1. The van der Waals surface area contributed by atoms with Crippen LogP contribution in [-0.2, 0) is 0 Å². The number of benzene rings is 2. The molecule has 2 aromatic carbocycles. The highest BCUT2D eigenvalue weighted by molar-refractivity contribution is 5.97. The van der Waals surface area contributed by atoms with E-state index in [0.717, 1.165) is 27.7 Å². The van der Waals surface area contributed by atoms with Crippen molar-refractivity contribution in [3.8, 4) is 22.4 Å². The van der Waals surface area contributed by atoms with Crippen LogP contribution in [0.15, 0.2) is 61.1 Å². The molecule has 0 radical (unpaired) electrons. The van der Waals surface area contributed by atoms with Gasteiger partial charge in [0.05, 0.1) is 22.3 Å². The third kappa shape index (κ3) is 3.20. The molecule has 0 saturated carbocycles. The van der Waals surface area contributed by atoms with Crippen LogP contribution in [0.25, 0.3) is 33.4 Å². The monoisotopic (exact) mass is 372 g/mol. The standard InChI is InChI=1S/C22H17FN4O/c1-13-9-15(3-5-18(13)23)21-17(10-16(12-27-21)22(28)24-2)14-4-6-19-20(11-14)26-8-7-25-19/h3-12H,1-2H3,(H,24,28). The summed E-state index contributed by atoms with van der Waals surface area (Å²) in [5.74, 6) is -0.496. The van der Waals surface area contributed by atoms with E-state index in [1.807, 2.05) is 18.2 Å². The zero-order valence-electron chi connectivity index (χ0n) is 15.4. The second kappa shape index (κ2) is 7.15. The van der Waals surface area contributed by atoms with Crippen molar-refractivity contribution >= 4 is 16.9 Å². The molecule has 0 saturated heterocycles. The molecule has 0 aliphatic heterocycles. The minimum Gasteiger partial charge on any atom is -0.355 e.